The maximum absolute atomic E-state index is 12.7. The Morgan fingerprint density at radius 1 is 1.14 bits per heavy atom. The molecule has 0 bridgehead atoms. The first-order valence-corrected chi connectivity index (χ1v) is 10.0. The van der Waals surface area contributed by atoms with Gasteiger partial charge in [0, 0.05) is 14.2 Å². The van der Waals surface area contributed by atoms with E-state index in [1.165, 1.54) is 26.4 Å². The topological polar surface area (TPSA) is 95.7 Å². The predicted octanol–water partition coefficient (Wildman–Crippen LogP) is 2.58. The van der Waals surface area contributed by atoms with Gasteiger partial charge in [-0.15, -0.1) is 11.3 Å². The Bertz CT molecular complexity index is 822. The molecule has 2 rings (SSSR count). The second-order valence-corrected chi connectivity index (χ2v) is 9.82. The van der Waals surface area contributed by atoms with Crippen molar-refractivity contribution in [1.82, 2.24) is 0 Å². The van der Waals surface area contributed by atoms with E-state index < -0.39 is 17.4 Å². The standard InChI is InChI=1S/C13H16NO5PS2/c1-9-11(22(16,17)10-7-5-4-6-8-10)12(14)21-13(9)20(15,18-2)19-3/h4-8H,14H2,1-3H3. The number of nitrogens with two attached hydrogens (primary N) is 1. The number of anilines is 1. The molecule has 0 spiro atoms. The maximum Gasteiger partial charge on any atom is 0.371 e. The van der Waals surface area contributed by atoms with Crippen molar-refractivity contribution in [2.45, 2.75) is 16.7 Å². The fraction of sp³-hybridized carbons (Fsp3) is 0.231. The zero-order valence-corrected chi connectivity index (χ0v) is 14.8. The highest BCUT2D eigenvalue weighted by atomic mass is 32.2. The molecular weight excluding hydrogens is 345 g/mol. The molecule has 2 N–H and O–H groups in total. The molecule has 22 heavy (non-hydrogen) atoms. The number of thiophene rings is 1. The lowest BCUT2D eigenvalue weighted by atomic mass is 10.4. The minimum Gasteiger partial charge on any atom is -0.389 e. The summed E-state index contributed by atoms with van der Waals surface area (Å²) in [5, 5.41) is 0.0608. The molecule has 0 saturated carbocycles. The molecule has 0 unspecified atom stereocenters. The molecule has 6 nitrogen and oxygen atoms in total. The molecular formula is C13H16NO5PS2. The normalized spacial score (nSPS) is 12.5. The molecule has 0 saturated heterocycles. The van der Waals surface area contributed by atoms with Crippen LogP contribution in [0.5, 0.6) is 0 Å². The monoisotopic (exact) mass is 361 g/mol. The van der Waals surface area contributed by atoms with Crippen molar-refractivity contribution in [3.63, 3.8) is 0 Å². The summed E-state index contributed by atoms with van der Waals surface area (Å²) in [6.45, 7) is 1.54. The second-order valence-electron chi connectivity index (χ2n) is 4.40. The van der Waals surface area contributed by atoms with Crippen LogP contribution in [-0.4, -0.2) is 22.6 Å². The van der Waals surface area contributed by atoms with Gasteiger partial charge in [0.25, 0.3) is 0 Å². The van der Waals surface area contributed by atoms with E-state index in [1.807, 2.05) is 0 Å². The SMILES string of the molecule is COP(=O)(OC)c1sc(N)c(S(=O)(=O)c2ccccc2)c1C. The molecule has 0 radical (unpaired) electrons. The molecule has 1 aromatic heterocycles. The first kappa shape index (κ1) is 17.2. The largest absolute Gasteiger partial charge is 0.389 e. The van der Waals surface area contributed by atoms with Crippen LogP contribution in [0.15, 0.2) is 40.1 Å². The van der Waals surface area contributed by atoms with E-state index in [0.29, 0.717) is 5.56 Å². The van der Waals surface area contributed by atoms with Crippen molar-refractivity contribution in [2.75, 3.05) is 20.0 Å². The minimum atomic E-state index is -3.80. The summed E-state index contributed by atoms with van der Waals surface area (Å²) >= 11 is 0.904. The zero-order chi connectivity index (χ0) is 16.5. The summed E-state index contributed by atoms with van der Waals surface area (Å²) in [6, 6.07) is 7.94. The van der Waals surface area contributed by atoms with Crippen LogP contribution in [0, 0.1) is 6.92 Å². The Morgan fingerprint density at radius 3 is 2.18 bits per heavy atom. The van der Waals surface area contributed by atoms with E-state index in [-0.39, 0.29) is 19.4 Å². The van der Waals surface area contributed by atoms with E-state index in [0.717, 1.165) is 11.3 Å². The number of nitrogen functional groups attached to an aromatic ring is 1. The van der Waals surface area contributed by atoms with E-state index in [1.54, 1.807) is 25.1 Å². The summed E-state index contributed by atoms with van der Waals surface area (Å²) in [4.78, 5) is 0.0758. The van der Waals surface area contributed by atoms with Gasteiger partial charge in [0.1, 0.15) is 14.5 Å². The van der Waals surface area contributed by atoms with Crippen molar-refractivity contribution in [2.24, 2.45) is 0 Å². The van der Waals surface area contributed by atoms with E-state index in [9.17, 15) is 13.0 Å². The summed E-state index contributed by atoms with van der Waals surface area (Å²) in [5.41, 5.74) is 6.17. The number of sulfone groups is 1. The predicted molar refractivity (Wildman–Crippen MR) is 86.6 cm³/mol. The van der Waals surface area contributed by atoms with E-state index in [2.05, 4.69) is 0 Å². The molecule has 2 aromatic rings. The van der Waals surface area contributed by atoms with Gasteiger partial charge < -0.3 is 14.8 Å². The maximum atomic E-state index is 12.7. The Hall–Kier alpha value is -1.18. The molecule has 0 atom stereocenters. The lowest BCUT2D eigenvalue weighted by molar-refractivity contribution is 0.288. The summed E-state index contributed by atoms with van der Waals surface area (Å²) in [7, 11) is -4.89. The van der Waals surface area contributed by atoms with Crippen molar-refractivity contribution in [3.8, 4) is 0 Å². The Labute approximate surface area is 133 Å². The van der Waals surface area contributed by atoms with Gasteiger partial charge in [0.2, 0.25) is 9.84 Å². The van der Waals surface area contributed by atoms with Crippen LogP contribution in [0.1, 0.15) is 5.56 Å². The summed E-state index contributed by atoms with van der Waals surface area (Å²) in [5.74, 6) is 0. The van der Waals surface area contributed by atoms with Crippen molar-refractivity contribution >= 4 is 38.4 Å². The van der Waals surface area contributed by atoms with Crippen LogP contribution < -0.4 is 10.4 Å². The van der Waals surface area contributed by atoms with Crippen LogP contribution in [0.25, 0.3) is 0 Å². The summed E-state index contributed by atoms with van der Waals surface area (Å²) < 4.78 is 48.1. The van der Waals surface area contributed by atoms with Gasteiger partial charge in [-0.3, -0.25) is 4.57 Å². The molecule has 0 amide bonds. The molecule has 9 heteroatoms. The minimum absolute atomic E-state index is 0.0481. The van der Waals surface area contributed by atoms with E-state index in [4.69, 9.17) is 14.8 Å². The number of hydrogen-bond acceptors (Lipinski definition) is 7. The van der Waals surface area contributed by atoms with E-state index >= 15 is 0 Å². The lowest BCUT2D eigenvalue weighted by Gasteiger charge is -2.12. The van der Waals surface area contributed by atoms with Gasteiger partial charge in [0.15, 0.2) is 0 Å². The first-order chi connectivity index (χ1) is 10.3. The van der Waals surface area contributed by atoms with Gasteiger partial charge in [0.05, 0.1) is 4.90 Å². The van der Waals surface area contributed by atoms with Crippen LogP contribution in [0.2, 0.25) is 0 Å². The highest BCUT2D eigenvalue weighted by molar-refractivity contribution is 7.92. The smallest absolute Gasteiger partial charge is 0.371 e. The average Bonchev–Trinajstić information content (AvgIpc) is 2.83. The second kappa shape index (κ2) is 6.14. The first-order valence-electron chi connectivity index (χ1n) is 6.19. The van der Waals surface area contributed by atoms with Gasteiger partial charge in [-0.1, -0.05) is 18.2 Å². The molecule has 1 heterocycles. The van der Waals surface area contributed by atoms with Crippen molar-refractivity contribution < 1.29 is 22.0 Å². The lowest BCUT2D eigenvalue weighted by Crippen LogP contribution is -2.10. The third-order valence-electron chi connectivity index (χ3n) is 3.14. The Kier molecular flexibility index (Phi) is 4.79. The third kappa shape index (κ3) is 2.73. The molecule has 120 valence electrons. The van der Waals surface area contributed by atoms with Gasteiger partial charge in [-0.2, -0.15) is 0 Å². The number of benzene rings is 1. The van der Waals surface area contributed by atoms with Crippen LogP contribution in [-0.2, 0) is 23.4 Å². The zero-order valence-electron chi connectivity index (χ0n) is 12.3. The Balaban J connectivity index is 2.70. The molecule has 0 aliphatic carbocycles. The highest BCUT2D eigenvalue weighted by Gasteiger charge is 2.35. The van der Waals surface area contributed by atoms with Gasteiger partial charge in [-0.25, -0.2) is 8.42 Å². The van der Waals surface area contributed by atoms with Crippen molar-refractivity contribution in [3.05, 3.63) is 35.9 Å². The van der Waals surface area contributed by atoms with Crippen LogP contribution in [0.4, 0.5) is 5.00 Å². The Morgan fingerprint density at radius 2 is 1.68 bits per heavy atom. The van der Waals surface area contributed by atoms with Gasteiger partial charge in [-0.05, 0) is 24.6 Å². The van der Waals surface area contributed by atoms with Crippen molar-refractivity contribution in [1.29, 1.82) is 0 Å². The fourth-order valence-electron chi connectivity index (χ4n) is 2.06. The fourth-order valence-corrected chi connectivity index (χ4v) is 7.08. The molecule has 0 aliphatic heterocycles. The quantitative estimate of drug-likeness (QED) is 0.823. The third-order valence-corrected chi connectivity index (χ3v) is 8.89. The number of hydrogen-bond donors (Lipinski definition) is 1. The molecule has 1 aromatic carbocycles. The van der Waals surface area contributed by atoms with Gasteiger partial charge >= 0.3 is 7.60 Å². The average molecular weight is 361 g/mol. The van der Waals surface area contributed by atoms with Crippen LogP contribution >= 0.6 is 18.9 Å². The molecule has 0 aliphatic rings. The highest BCUT2D eigenvalue weighted by Crippen LogP contribution is 2.50. The van der Waals surface area contributed by atoms with Crippen LogP contribution in [0.3, 0.4) is 0 Å². The molecule has 0 fully saturated rings. The summed E-state index contributed by atoms with van der Waals surface area (Å²) in [6.07, 6.45) is 0. The number of rotatable bonds is 5.